The number of nitrogens with zero attached hydrogens (tertiary/aromatic N) is 2. The number of halogens is 4. The standard InChI is InChI=1S/C26H18F4N2/c27-25(28)23(31-15-11-21(12-16-31)19-7-3-1-4-8-19)24(26(25,29)30)32-17-13-22(14-18-32)20-9-5-2-6-10-20/h1-18H/q+2. The molecule has 158 valence electrons. The molecular formula is C26H18F4N2+2. The minimum absolute atomic E-state index is 0.737. The summed E-state index contributed by atoms with van der Waals surface area (Å²) in [5.41, 5.74) is 1.95. The minimum Gasteiger partial charge on any atom is -0.186 e. The molecule has 0 saturated carbocycles. The zero-order valence-electron chi connectivity index (χ0n) is 16.8. The fraction of sp³-hybridized carbons (Fsp3) is 0.0769. The van der Waals surface area contributed by atoms with Gasteiger partial charge in [-0.15, -0.1) is 0 Å². The first-order chi connectivity index (χ1) is 15.4. The van der Waals surface area contributed by atoms with E-state index < -0.39 is 23.2 Å². The summed E-state index contributed by atoms with van der Waals surface area (Å²) < 4.78 is 60.2. The molecule has 4 aromatic rings. The highest BCUT2D eigenvalue weighted by atomic mass is 19.3. The van der Waals surface area contributed by atoms with Crippen LogP contribution in [0.5, 0.6) is 0 Å². The van der Waals surface area contributed by atoms with Crippen LogP contribution in [0.2, 0.25) is 0 Å². The fourth-order valence-electron chi connectivity index (χ4n) is 3.90. The highest BCUT2D eigenvalue weighted by molar-refractivity contribution is 5.82. The lowest BCUT2D eigenvalue weighted by molar-refractivity contribution is -0.641. The van der Waals surface area contributed by atoms with Crippen molar-refractivity contribution in [1.29, 1.82) is 0 Å². The van der Waals surface area contributed by atoms with Gasteiger partial charge in [0.15, 0.2) is 24.8 Å². The summed E-state index contributed by atoms with van der Waals surface area (Å²) in [6.45, 7) is 0. The molecule has 2 heterocycles. The molecule has 0 amide bonds. The molecule has 0 atom stereocenters. The number of hydrogen-bond acceptors (Lipinski definition) is 0. The first kappa shape index (κ1) is 20.1. The number of aromatic nitrogens is 2. The smallest absolute Gasteiger partial charge is 0.186 e. The van der Waals surface area contributed by atoms with E-state index in [4.69, 9.17) is 0 Å². The summed E-state index contributed by atoms with van der Waals surface area (Å²) in [5, 5.41) is 0. The molecule has 0 aliphatic heterocycles. The Bertz CT molecular complexity index is 1180. The van der Waals surface area contributed by atoms with Crippen LogP contribution in [0.1, 0.15) is 0 Å². The van der Waals surface area contributed by atoms with Crippen LogP contribution in [-0.2, 0) is 0 Å². The van der Waals surface area contributed by atoms with Crippen molar-refractivity contribution in [3.05, 3.63) is 110 Å². The predicted molar refractivity (Wildman–Crippen MR) is 113 cm³/mol. The SMILES string of the molecule is FC1(F)C([n+]2ccc(-c3ccccc3)cc2)=C([n+]2ccc(-c3ccccc3)cc2)C1(F)F. The summed E-state index contributed by atoms with van der Waals surface area (Å²) in [5.74, 6) is -8.57. The normalized spacial score (nSPS) is 16.5. The van der Waals surface area contributed by atoms with E-state index in [2.05, 4.69) is 0 Å². The van der Waals surface area contributed by atoms with E-state index in [-0.39, 0.29) is 0 Å². The summed E-state index contributed by atoms with van der Waals surface area (Å²) in [6, 6.07) is 25.3. The monoisotopic (exact) mass is 434 g/mol. The van der Waals surface area contributed by atoms with Crippen LogP contribution >= 0.6 is 0 Å². The highest BCUT2D eigenvalue weighted by Gasteiger charge is 2.82. The van der Waals surface area contributed by atoms with Crippen molar-refractivity contribution in [2.75, 3.05) is 0 Å². The third-order valence-corrected chi connectivity index (χ3v) is 5.60. The Labute approximate surface area is 182 Å². The first-order valence-corrected chi connectivity index (χ1v) is 10.0. The van der Waals surface area contributed by atoms with Gasteiger partial charge in [0, 0.05) is 24.3 Å². The van der Waals surface area contributed by atoms with E-state index in [1.54, 1.807) is 24.3 Å². The molecule has 0 fully saturated rings. The zero-order valence-corrected chi connectivity index (χ0v) is 16.8. The van der Waals surface area contributed by atoms with Crippen molar-refractivity contribution in [1.82, 2.24) is 0 Å². The van der Waals surface area contributed by atoms with Gasteiger partial charge in [-0.3, -0.25) is 0 Å². The summed E-state index contributed by atoms with van der Waals surface area (Å²) in [7, 11) is 0. The lowest BCUT2D eigenvalue weighted by atomic mass is 9.89. The molecule has 32 heavy (non-hydrogen) atoms. The second-order valence-electron chi connectivity index (χ2n) is 7.57. The fourth-order valence-corrected chi connectivity index (χ4v) is 3.90. The van der Waals surface area contributed by atoms with Crippen LogP contribution in [-0.4, -0.2) is 11.8 Å². The summed E-state index contributed by atoms with van der Waals surface area (Å²) >= 11 is 0. The number of hydrogen-bond donors (Lipinski definition) is 0. The Balaban J connectivity index is 1.56. The average Bonchev–Trinajstić information content (AvgIpc) is 2.83. The molecule has 0 saturated heterocycles. The van der Waals surface area contributed by atoms with Crippen LogP contribution < -0.4 is 9.13 Å². The van der Waals surface area contributed by atoms with Crippen molar-refractivity contribution < 1.29 is 26.7 Å². The molecule has 5 rings (SSSR count). The summed E-state index contributed by atoms with van der Waals surface area (Å²) in [6.07, 6.45) is 5.55. The summed E-state index contributed by atoms with van der Waals surface area (Å²) in [4.78, 5) is 0. The van der Waals surface area contributed by atoms with E-state index in [0.29, 0.717) is 0 Å². The predicted octanol–water partition coefficient (Wildman–Crippen LogP) is 5.71. The molecule has 0 N–H and O–H groups in total. The number of rotatable bonds is 4. The maximum absolute atomic E-state index is 14.5. The van der Waals surface area contributed by atoms with Gasteiger partial charge in [-0.1, -0.05) is 60.7 Å². The molecule has 0 unspecified atom stereocenters. The quantitative estimate of drug-likeness (QED) is 0.287. The second kappa shape index (κ2) is 7.41. The Kier molecular flexibility index (Phi) is 4.66. The van der Waals surface area contributed by atoms with Crippen LogP contribution in [0.3, 0.4) is 0 Å². The van der Waals surface area contributed by atoms with E-state index in [9.17, 15) is 17.6 Å². The molecule has 2 aromatic carbocycles. The van der Waals surface area contributed by atoms with Crippen LogP contribution in [0.4, 0.5) is 17.6 Å². The Hall–Kier alpha value is -3.80. The molecule has 0 spiro atoms. The first-order valence-electron chi connectivity index (χ1n) is 10.0. The van der Waals surface area contributed by atoms with Crippen LogP contribution in [0.25, 0.3) is 33.6 Å². The van der Waals surface area contributed by atoms with Gasteiger partial charge in [0.2, 0.25) is 0 Å². The average molecular weight is 434 g/mol. The molecule has 6 heteroatoms. The topological polar surface area (TPSA) is 7.76 Å². The minimum atomic E-state index is -4.29. The Morgan fingerprint density at radius 3 is 1.00 bits per heavy atom. The van der Waals surface area contributed by atoms with E-state index in [1.165, 1.54) is 24.8 Å². The maximum atomic E-state index is 14.5. The molecular weight excluding hydrogens is 416 g/mol. The largest absolute Gasteiger partial charge is 0.409 e. The van der Waals surface area contributed by atoms with E-state index in [0.717, 1.165) is 31.4 Å². The van der Waals surface area contributed by atoms with Crippen molar-refractivity contribution >= 4 is 11.4 Å². The Morgan fingerprint density at radius 2 is 0.688 bits per heavy atom. The Morgan fingerprint density at radius 1 is 0.406 bits per heavy atom. The molecule has 2 aromatic heterocycles. The van der Waals surface area contributed by atoms with Gasteiger partial charge in [-0.2, -0.15) is 26.7 Å². The van der Waals surface area contributed by atoms with Crippen molar-refractivity contribution in [3.8, 4) is 22.3 Å². The van der Waals surface area contributed by atoms with Gasteiger partial charge < -0.3 is 0 Å². The lowest BCUT2D eigenvalue weighted by Crippen LogP contribution is -2.66. The number of pyridine rings is 2. The maximum Gasteiger partial charge on any atom is 0.409 e. The number of alkyl halides is 4. The van der Waals surface area contributed by atoms with Gasteiger partial charge in [-0.25, -0.2) is 0 Å². The molecule has 2 nitrogen and oxygen atoms in total. The molecule has 0 bridgehead atoms. The number of allylic oxidation sites excluding steroid dienone is 2. The van der Waals surface area contributed by atoms with Gasteiger partial charge in [0.1, 0.15) is 0 Å². The van der Waals surface area contributed by atoms with Gasteiger partial charge in [-0.05, 0) is 22.3 Å². The second-order valence-corrected chi connectivity index (χ2v) is 7.57. The third kappa shape index (κ3) is 3.11. The lowest BCUT2D eigenvalue weighted by Gasteiger charge is -2.31. The molecule has 1 aliphatic rings. The van der Waals surface area contributed by atoms with E-state index in [1.807, 2.05) is 60.7 Å². The third-order valence-electron chi connectivity index (χ3n) is 5.60. The van der Waals surface area contributed by atoms with Gasteiger partial charge >= 0.3 is 23.2 Å². The van der Waals surface area contributed by atoms with Crippen molar-refractivity contribution in [3.63, 3.8) is 0 Å². The van der Waals surface area contributed by atoms with E-state index >= 15 is 0 Å². The van der Waals surface area contributed by atoms with Gasteiger partial charge in [0.25, 0.3) is 0 Å². The van der Waals surface area contributed by atoms with Gasteiger partial charge in [0.05, 0.1) is 0 Å². The van der Waals surface area contributed by atoms with Crippen molar-refractivity contribution in [2.24, 2.45) is 0 Å². The van der Waals surface area contributed by atoms with Crippen molar-refractivity contribution in [2.45, 2.75) is 11.8 Å². The molecule has 0 radical (unpaired) electrons. The number of benzene rings is 2. The van der Waals surface area contributed by atoms with Crippen LogP contribution in [0.15, 0.2) is 110 Å². The zero-order chi connectivity index (χ0) is 22.3. The highest BCUT2D eigenvalue weighted by Crippen LogP contribution is 2.55. The van der Waals surface area contributed by atoms with Crippen LogP contribution in [0, 0.1) is 0 Å². The molecule has 1 aliphatic carbocycles.